The van der Waals surface area contributed by atoms with Gasteiger partial charge in [0.25, 0.3) is 0 Å². The fourth-order valence-corrected chi connectivity index (χ4v) is 0.629. The zero-order valence-corrected chi connectivity index (χ0v) is 6.81. The van der Waals surface area contributed by atoms with E-state index in [1.165, 1.54) is 0 Å². The lowest BCUT2D eigenvalue weighted by Gasteiger charge is -2.04. The second kappa shape index (κ2) is 7.30. The summed E-state index contributed by atoms with van der Waals surface area (Å²) in [6.07, 6.45) is 1.87. The molecular formula is C6H16N4O. The summed E-state index contributed by atoms with van der Waals surface area (Å²) in [5, 5.41) is 2.65. The van der Waals surface area contributed by atoms with E-state index in [0.29, 0.717) is 13.1 Å². The van der Waals surface area contributed by atoms with Crippen LogP contribution in [0.25, 0.3) is 0 Å². The van der Waals surface area contributed by atoms with Crippen molar-refractivity contribution in [1.29, 1.82) is 0 Å². The minimum absolute atomic E-state index is 0.204. The van der Waals surface area contributed by atoms with Gasteiger partial charge in [-0.3, -0.25) is 5.43 Å². The molecule has 0 aromatic carbocycles. The fourth-order valence-electron chi connectivity index (χ4n) is 0.629. The summed E-state index contributed by atoms with van der Waals surface area (Å²) in [5.41, 5.74) is 10.2. The molecule has 0 heterocycles. The summed E-state index contributed by atoms with van der Waals surface area (Å²) in [6.45, 7) is 1.35. The number of hydrogen-bond acceptors (Lipinski definition) is 3. The van der Waals surface area contributed by atoms with Crippen LogP contribution in [0.5, 0.6) is 0 Å². The van der Waals surface area contributed by atoms with Crippen LogP contribution in [-0.2, 0) is 0 Å². The van der Waals surface area contributed by atoms with Crippen LogP contribution in [0.3, 0.4) is 0 Å². The highest BCUT2D eigenvalue weighted by Crippen LogP contribution is 1.81. The van der Waals surface area contributed by atoms with Crippen LogP contribution in [0.15, 0.2) is 0 Å². The Morgan fingerprint density at radius 1 is 1.45 bits per heavy atom. The topological polar surface area (TPSA) is 79.2 Å². The van der Waals surface area contributed by atoms with E-state index < -0.39 is 0 Å². The molecule has 0 rings (SSSR count). The second-order valence-electron chi connectivity index (χ2n) is 2.13. The van der Waals surface area contributed by atoms with Gasteiger partial charge < -0.3 is 11.1 Å². The number of hydrazine groups is 1. The summed E-state index contributed by atoms with van der Waals surface area (Å²) >= 11 is 0. The summed E-state index contributed by atoms with van der Waals surface area (Å²) in [5.74, 6) is 0. The Morgan fingerprint density at radius 2 is 2.18 bits per heavy atom. The molecule has 0 aliphatic heterocycles. The number of rotatable bonds is 5. The van der Waals surface area contributed by atoms with Crippen LogP contribution in [0.4, 0.5) is 4.79 Å². The first-order chi connectivity index (χ1) is 5.31. The first-order valence-corrected chi connectivity index (χ1v) is 3.72. The number of carbonyl (C=O) groups excluding carboxylic acids is 1. The lowest BCUT2D eigenvalue weighted by Crippen LogP contribution is -2.42. The van der Waals surface area contributed by atoms with Crippen LogP contribution in [0.1, 0.15) is 12.8 Å². The number of carbonyl (C=O) groups is 1. The van der Waals surface area contributed by atoms with Gasteiger partial charge in [-0.1, -0.05) is 0 Å². The summed E-state index contributed by atoms with van der Waals surface area (Å²) in [7, 11) is 1.64. The Balaban J connectivity index is 3.04. The quantitative estimate of drug-likeness (QED) is 0.313. The van der Waals surface area contributed by atoms with E-state index >= 15 is 0 Å². The molecule has 0 aromatic heterocycles. The molecule has 0 aliphatic carbocycles. The number of amides is 2. The SMILES string of the molecule is CNNC(=O)NCCCCN. The lowest BCUT2D eigenvalue weighted by atomic mass is 10.3. The van der Waals surface area contributed by atoms with Crippen molar-refractivity contribution in [3.63, 3.8) is 0 Å². The highest BCUT2D eigenvalue weighted by Gasteiger charge is 1.94. The molecule has 2 amide bonds. The third kappa shape index (κ3) is 7.08. The van der Waals surface area contributed by atoms with Gasteiger partial charge in [-0.15, -0.1) is 0 Å². The molecule has 11 heavy (non-hydrogen) atoms. The van der Waals surface area contributed by atoms with E-state index in [0.717, 1.165) is 12.8 Å². The van der Waals surface area contributed by atoms with Crippen molar-refractivity contribution in [3.05, 3.63) is 0 Å². The predicted octanol–water partition coefficient (Wildman–Crippen LogP) is -0.841. The smallest absolute Gasteiger partial charge is 0.329 e. The molecule has 0 aliphatic rings. The molecule has 5 nitrogen and oxygen atoms in total. The highest BCUT2D eigenvalue weighted by atomic mass is 16.2. The van der Waals surface area contributed by atoms with E-state index in [1.54, 1.807) is 7.05 Å². The third-order valence-electron chi connectivity index (χ3n) is 1.15. The average molecular weight is 160 g/mol. The van der Waals surface area contributed by atoms with Crippen molar-refractivity contribution in [1.82, 2.24) is 16.2 Å². The number of nitrogens with two attached hydrogens (primary N) is 1. The minimum Gasteiger partial charge on any atom is -0.337 e. The minimum atomic E-state index is -0.204. The zero-order chi connectivity index (χ0) is 8.53. The van der Waals surface area contributed by atoms with Gasteiger partial charge in [-0.25, -0.2) is 10.2 Å². The van der Waals surface area contributed by atoms with Crippen molar-refractivity contribution in [2.24, 2.45) is 5.73 Å². The lowest BCUT2D eigenvalue weighted by molar-refractivity contribution is 0.237. The summed E-state index contributed by atoms with van der Waals surface area (Å²) in [4.78, 5) is 10.7. The Bertz CT molecular complexity index is 107. The maximum atomic E-state index is 10.7. The Hall–Kier alpha value is -0.810. The van der Waals surface area contributed by atoms with Crippen LogP contribution in [0.2, 0.25) is 0 Å². The standard InChI is InChI=1S/C6H16N4O/c1-8-10-6(11)9-5-3-2-4-7/h8H,2-5,7H2,1H3,(H2,9,10,11). The van der Waals surface area contributed by atoms with Crippen molar-refractivity contribution in [2.75, 3.05) is 20.1 Å². The molecule has 0 saturated heterocycles. The van der Waals surface area contributed by atoms with E-state index in [4.69, 9.17) is 5.73 Å². The predicted molar refractivity (Wildman–Crippen MR) is 43.9 cm³/mol. The molecule has 0 bridgehead atoms. The molecule has 0 unspecified atom stereocenters. The largest absolute Gasteiger partial charge is 0.337 e. The van der Waals surface area contributed by atoms with Gasteiger partial charge >= 0.3 is 6.03 Å². The van der Waals surface area contributed by atoms with Crippen molar-refractivity contribution < 1.29 is 4.79 Å². The summed E-state index contributed by atoms with van der Waals surface area (Å²) < 4.78 is 0. The van der Waals surface area contributed by atoms with Crippen LogP contribution >= 0.6 is 0 Å². The van der Waals surface area contributed by atoms with Gasteiger partial charge in [0.05, 0.1) is 0 Å². The third-order valence-corrected chi connectivity index (χ3v) is 1.15. The monoisotopic (exact) mass is 160 g/mol. The molecular weight excluding hydrogens is 144 g/mol. The van der Waals surface area contributed by atoms with Gasteiger partial charge in [-0.05, 0) is 19.4 Å². The van der Waals surface area contributed by atoms with E-state index in [1.807, 2.05) is 0 Å². The van der Waals surface area contributed by atoms with Crippen LogP contribution in [-0.4, -0.2) is 26.2 Å². The van der Waals surface area contributed by atoms with Gasteiger partial charge in [0, 0.05) is 13.6 Å². The number of unbranched alkanes of at least 4 members (excludes halogenated alkanes) is 1. The molecule has 0 fully saturated rings. The van der Waals surface area contributed by atoms with Gasteiger partial charge in [0.1, 0.15) is 0 Å². The summed E-state index contributed by atoms with van der Waals surface area (Å²) in [6, 6.07) is -0.204. The maximum absolute atomic E-state index is 10.7. The Labute approximate surface area is 66.7 Å². The number of nitrogens with one attached hydrogen (secondary N) is 3. The molecule has 5 N–H and O–H groups in total. The van der Waals surface area contributed by atoms with Gasteiger partial charge in [-0.2, -0.15) is 0 Å². The molecule has 0 spiro atoms. The number of hydrogen-bond donors (Lipinski definition) is 4. The molecule has 0 atom stereocenters. The maximum Gasteiger partial charge on any atom is 0.329 e. The molecule has 0 radical (unpaired) electrons. The van der Waals surface area contributed by atoms with E-state index in [-0.39, 0.29) is 6.03 Å². The van der Waals surface area contributed by atoms with Crippen LogP contribution < -0.4 is 21.9 Å². The Morgan fingerprint density at radius 3 is 2.73 bits per heavy atom. The Kier molecular flexibility index (Phi) is 6.76. The molecule has 66 valence electrons. The van der Waals surface area contributed by atoms with Gasteiger partial charge in [0.15, 0.2) is 0 Å². The van der Waals surface area contributed by atoms with Crippen molar-refractivity contribution in [3.8, 4) is 0 Å². The molecule has 0 aromatic rings. The highest BCUT2D eigenvalue weighted by molar-refractivity contribution is 5.73. The zero-order valence-electron chi connectivity index (χ0n) is 6.81. The average Bonchev–Trinajstić information content (AvgIpc) is 1.99. The van der Waals surface area contributed by atoms with Crippen molar-refractivity contribution >= 4 is 6.03 Å². The van der Waals surface area contributed by atoms with E-state index in [9.17, 15) is 4.79 Å². The van der Waals surface area contributed by atoms with Crippen molar-refractivity contribution in [2.45, 2.75) is 12.8 Å². The van der Waals surface area contributed by atoms with E-state index in [2.05, 4.69) is 16.2 Å². The second-order valence-corrected chi connectivity index (χ2v) is 2.13. The van der Waals surface area contributed by atoms with Gasteiger partial charge in [0.2, 0.25) is 0 Å². The number of urea groups is 1. The van der Waals surface area contributed by atoms with Crippen LogP contribution in [0, 0.1) is 0 Å². The molecule has 5 heteroatoms. The first-order valence-electron chi connectivity index (χ1n) is 3.72. The fraction of sp³-hybridized carbons (Fsp3) is 0.833. The first kappa shape index (κ1) is 10.2. The normalized spacial score (nSPS) is 9.27. The molecule has 0 saturated carbocycles.